The third-order valence-corrected chi connectivity index (χ3v) is 8.31. The molecule has 7 nitrogen and oxygen atoms in total. The Morgan fingerprint density at radius 2 is 1.56 bits per heavy atom. The van der Waals surface area contributed by atoms with Gasteiger partial charge in [0.2, 0.25) is 20.0 Å². The van der Waals surface area contributed by atoms with E-state index in [1.807, 2.05) is 29.8 Å². The molecule has 136 valence electrons. The van der Waals surface area contributed by atoms with Gasteiger partial charge in [0, 0.05) is 39.1 Å². The Labute approximate surface area is 148 Å². The molecule has 0 amide bonds. The first kappa shape index (κ1) is 18.1. The summed E-state index contributed by atoms with van der Waals surface area (Å²) in [6, 6.07) is 8.91. The van der Waals surface area contributed by atoms with Crippen molar-refractivity contribution in [2.24, 2.45) is 0 Å². The minimum Gasteiger partial charge on any atom is -0.349 e. The Balaban J connectivity index is 1.94. The molecule has 3 rings (SSSR count). The molecule has 1 aliphatic heterocycles. The summed E-state index contributed by atoms with van der Waals surface area (Å²) in [5.74, 6) is 0. The zero-order valence-corrected chi connectivity index (χ0v) is 16.0. The highest BCUT2D eigenvalue weighted by Gasteiger charge is 2.34. The van der Waals surface area contributed by atoms with Gasteiger partial charge < -0.3 is 4.57 Å². The normalized spacial score (nSPS) is 19.1. The summed E-state index contributed by atoms with van der Waals surface area (Å²) in [6.07, 6.45) is 1.94. The summed E-state index contributed by atoms with van der Waals surface area (Å²) in [7, 11) is -4.42. The van der Waals surface area contributed by atoms with Crippen molar-refractivity contribution in [1.29, 1.82) is 0 Å². The molecule has 0 N–H and O–H groups in total. The zero-order valence-electron chi connectivity index (χ0n) is 14.3. The van der Waals surface area contributed by atoms with E-state index >= 15 is 0 Å². The van der Waals surface area contributed by atoms with E-state index in [9.17, 15) is 16.8 Å². The highest BCUT2D eigenvalue weighted by atomic mass is 32.2. The number of hydrogen-bond acceptors (Lipinski definition) is 4. The van der Waals surface area contributed by atoms with E-state index in [1.165, 1.54) is 42.7 Å². The largest absolute Gasteiger partial charge is 0.349 e. The highest BCUT2D eigenvalue weighted by Crippen LogP contribution is 2.31. The number of nitrogens with zero attached hydrogens (tertiary/aromatic N) is 3. The van der Waals surface area contributed by atoms with Gasteiger partial charge in [-0.15, -0.1) is 0 Å². The standard InChI is InChI=1S/C16H21N3O4S2/c1-13-16-5-4-10-18(16)11-12-19(13)25(22,23)15-8-6-14(7-9-15)24(20,21)17(2)3/h4-10,13H,11-12H2,1-3H3/t13-/m1/s1. The average Bonchev–Trinajstić information content (AvgIpc) is 3.04. The van der Waals surface area contributed by atoms with Gasteiger partial charge in [0.25, 0.3) is 0 Å². The van der Waals surface area contributed by atoms with Gasteiger partial charge in [-0.3, -0.25) is 0 Å². The maximum absolute atomic E-state index is 13.0. The first-order chi connectivity index (χ1) is 11.7. The van der Waals surface area contributed by atoms with Gasteiger partial charge >= 0.3 is 0 Å². The molecule has 0 saturated heterocycles. The highest BCUT2D eigenvalue weighted by molar-refractivity contribution is 7.89. The zero-order chi connectivity index (χ0) is 18.4. The van der Waals surface area contributed by atoms with Gasteiger partial charge in [-0.1, -0.05) is 0 Å². The summed E-state index contributed by atoms with van der Waals surface area (Å²) in [5, 5.41) is 0. The Hall–Kier alpha value is -1.68. The second-order valence-corrected chi connectivity index (χ2v) is 10.2. The maximum Gasteiger partial charge on any atom is 0.243 e. The fourth-order valence-corrected chi connectivity index (χ4v) is 5.51. The van der Waals surface area contributed by atoms with E-state index in [2.05, 4.69) is 0 Å². The summed E-state index contributed by atoms with van der Waals surface area (Å²) in [5.41, 5.74) is 0.946. The quantitative estimate of drug-likeness (QED) is 0.801. The topological polar surface area (TPSA) is 79.7 Å². The van der Waals surface area contributed by atoms with Crippen LogP contribution in [0.15, 0.2) is 52.4 Å². The molecular formula is C16H21N3O4S2. The van der Waals surface area contributed by atoms with Crippen molar-refractivity contribution in [2.75, 3.05) is 20.6 Å². The Bertz CT molecular complexity index is 977. The SMILES string of the molecule is C[C@@H]1c2cccn2CCN1S(=O)(=O)c1ccc(S(=O)(=O)N(C)C)cc1. The van der Waals surface area contributed by atoms with Crippen LogP contribution in [0.25, 0.3) is 0 Å². The predicted molar refractivity (Wildman–Crippen MR) is 94.1 cm³/mol. The van der Waals surface area contributed by atoms with Crippen molar-refractivity contribution in [3.05, 3.63) is 48.3 Å². The van der Waals surface area contributed by atoms with Crippen molar-refractivity contribution in [1.82, 2.24) is 13.2 Å². The molecular weight excluding hydrogens is 362 g/mol. The summed E-state index contributed by atoms with van der Waals surface area (Å²) in [4.78, 5) is 0.161. The first-order valence-electron chi connectivity index (χ1n) is 7.85. The lowest BCUT2D eigenvalue weighted by Crippen LogP contribution is -2.40. The fraction of sp³-hybridized carbons (Fsp3) is 0.375. The maximum atomic E-state index is 13.0. The van der Waals surface area contributed by atoms with Gasteiger partial charge in [0.15, 0.2) is 0 Å². The molecule has 1 aromatic carbocycles. The smallest absolute Gasteiger partial charge is 0.243 e. The molecule has 1 atom stereocenters. The van der Waals surface area contributed by atoms with Crippen LogP contribution in [-0.2, 0) is 26.6 Å². The second kappa shape index (κ2) is 6.24. The van der Waals surface area contributed by atoms with E-state index in [1.54, 1.807) is 0 Å². The number of hydrogen-bond donors (Lipinski definition) is 0. The molecule has 0 fully saturated rings. The predicted octanol–water partition coefficient (Wildman–Crippen LogP) is 1.50. The van der Waals surface area contributed by atoms with Gasteiger partial charge in [0.1, 0.15) is 0 Å². The van der Waals surface area contributed by atoms with Crippen LogP contribution in [0.3, 0.4) is 0 Å². The van der Waals surface area contributed by atoms with Crippen molar-refractivity contribution in [3.63, 3.8) is 0 Å². The Morgan fingerprint density at radius 3 is 2.16 bits per heavy atom. The monoisotopic (exact) mass is 383 g/mol. The van der Waals surface area contributed by atoms with Crippen LogP contribution >= 0.6 is 0 Å². The number of rotatable bonds is 4. The van der Waals surface area contributed by atoms with Gasteiger partial charge in [0.05, 0.1) is 15.8 Å². The molecule has 0 spiro atoms. The fourth-order valence-electron chi connectivity index (χ4n) is 3.02. The summed E-state index contributed by atoms with van der Waals surface area (Å²) >= 11 is 0. The molecule has 0 radical (unpaired) electrons. The Kier molecular flexibility index (Phi) is 4.52. The van der Waals surface area contributed by atoms with E-state index in [-0.39, 0.29) is 15.8 Å². The summed E-state index contributed by atoms with van der Waals surface area (Å²) < 4.78 is 54.8. The number of fused-ring (bicyclic) bond motifs is 1. The van der Waals surface area contributed by atoms with Crippen LogP contribution in [0.4, 0.5) is 0 Å². The lowest BCUT2D eigenvalue weighted by molar-refractivity contribution is 0.282. The molecule has 25 heavy (non-hydrogen) atoms. The molecule has 9 heteroatoms. The molecule has 0 unspecified atom stereocenters. The molecule has 1 aliphatic rings. The van der Waals surface area contributed by atoms with Crippen LogP contribution in [0.2, 0.25) is 0 Å². The first-order valence-corrected chi connectivity index (χ1v) is 10.7. The van der Waals surface area contributed by atoms with Crippen LogP contribution in [0.5, 0.6) is 0 Å². The van der Waals surface area contributed by atoms with E-state index in [0.29, 0.717) is 13.1 Å². The third-order valence-electron chi connectivity index (χ3n) is 4.49. The molecule has 2 aromatic rings. The van der Waals surface area contributed by atoms with Crippen LogP contribution < -0.4 is 0 Å². The van der Waals surface area contributed by atoms with E-state index in [4.69, 9.17) is 0 Å². The van der Waals surface area contributed by atoms with Gasteiger partial charge in [-0.05, 0) is 43.3 Å². The van der Waals surface area contributed by atoms with Crippen LogP contribution in [-0.4, -0.2) is 50.7 Å². The molecule has 1 aromatic heterocycles. The number of aromatic nitrogens is 1. The van der Waals surface area contributed by atoms with Crippen LogP contribution in [0, 0.1) is 0 Å². The van der Waals surface area contributed by atoms with Gasteiger partial charge in [-0.2, -0.15) is 4.31 Å². The minimum absolute atomic E-state index is 0.0667. The van der Waals surface area contributed by atoms with Gasteiger partial charge in [-0.25, -0.2) is 21.1 Å². The molecule has 0 saturated carbocycles. The number of benzene rings is 1. The van der Waals surface area contributed by atoms with Crippen molar-refractivity contribution in [2.45, 2.75) is 29.3 Å². The third kappa shape index (κ3) is 3.01. The minimum atomic E-state index is -3.70. The number of sulfonamides is 2. The molecule has 0 aliphatic carbocycles. The van der Waals surface area contributed by atoms with E-state index in [0.717, 1.165) is 10.00 Å². The van der Waals surface area contributed by atoms with Crippen molar-refractivity contribution >= 4 is 20.0 Å². The molecule has 2 heterocycles. The Morgan fingerprint density at radius 1 is 0.960 bits per heavy atom. The van der Waals surface area contributed by atoms with Crippen LogP contribution in [0.1, 0.15) is 18.7 Å². The lowest BCUT2D eigenvalue weighted by atomic mass is 10.2. The second-order valence-electron chi connectivity index (χ2n) is 6.18. The van der Waals surface area contributed by atoms with Crippen molar-refractivity contribution < 1.29 is 16.8 Å². The van der Waals surface area contributed by atoms with E-state index < -0.39 is 20.0 Å². The summed E-state index contributed by atoms with van der Waals surface area (Å²) in [6.45, 7) is 2.83. The van der Waals surface area contributed by atoms with Crippen molar-refractivity contribution in [3.8, 4) is 0 Å². The average molecular weight is 383 g/mol. The lowest BCUT2D eigenvalue weighted by Gasteiger charge is -2.33. The molecule has 0 bridgehead atoms.